The lowest BCUT2D eigenvalue weighted by Crippen LogP contribution is -2.27. The summed E-state index contributed by atoms with van der Waals surface area (Å²) in [6.45, 7) is 3.45. The average Bonchev–Trinajstić information content (AvgIpc) is 3.34. The third-order valence-corrected chi connectivity index (χ3v) is 8.58. The topological polar surface area (TPSA) is 153 Å². The van der Waals surface area contributed by atoms with Gasteiger partial charge >= 0.3 is 5.97 Å². The Bertz CT molecular complexity index is 1980. The number of pyridine rings is 1. The van der Waals surface area contributed by atoms with Crippen molar-refractivity contribution in [1.82, 2.24) is 19.5 Å². The minimum absolute atomic E-state index is 0.00837. The van der Waals surface area contributed by atoms with E-state index in [4.69, 9.17) is 16.3 Å². The largest absolute Gasteiger partial charge is 0.476 e. The van der Waals surface area contributed by atoms with E-state index < -0.39 is 21.9 Å². The van der Waals surface area contributed by atoms with E-state index in [1.165, 1.54) is 29.8 Å². The lowest BCUT2D eigenvalue weighted by molar-refractivity contribution is 0.0689. The van der Waals surface area contributed by atoms with E-state index in [0.29, 0.717) is 17.8 Å². The fraction of sp³-hybridized carbons (Fsp3) is 0.125. The van der Waals surface area contributed by atoms with Gasteiger partial charge in [-0.05, 0) is 68.4 Å². The van der Waals surface area contributed by atoms with Crippen LogP contribution in [0, 0.1) is 13.8 Å². The van der Waals surface area contributed by atoms with E-state index in [9.17, 15) is 23.1 Å². The first-order chi connectivity index (χ1) is 21.5. The Morgan fingerprint density at radius 1 is 0.978 bits per heavy atom. The van der Waals surface area contributed by atoms with Crippen LogP contribution in [0.2, 0.25) is 5.02 Å². The van der Waals surface area contributed by atoms with Crippen LogP contribution in [0.3, 0.4) is 0 Å². The van der Waals surface area contributed by atoms with E-state index >= 15 is 0 Å². The van der Waals surface area contributed by atoms with Crippen molar-refractivity contribution in [2.45, 2.75) is 25.2 Å². The summed E-state index contributed by atoms with van der Waals surface area (Å²) in [5.41, 5.74) is 2.47. The maximum atomic E-state index is 13.7. The van der Waals surface area contributed by atoms with Crippen molar-refractivity contribution in [3.8, 4) is 17.3 Å². The number of amides is 1. The lowest BCUT2D eigenvalue weighted by atomic mass is 10.2. The van der Waals surface area contributed by atoms with Gasteiger partial charge in [0.05, 0.1) is 16.3 Å². The van der Waals surface area contributed by atoms with E-state index in [1.54, 1.807) is 60.8 Å². The highest BCUT2D eigenvalue weighted by Crippen LogP contribution is 2.35. The summed E-state index contributed by atoms with van der Waals surface area (Å²) in [5.74, 6) is -1.93. The molecule has 1 amide bonds. The first kappa shape index (κ1) is 31.4. The smallest absolute Gasteiger partial charge is 0.356 e. The van der Waals surface area contributed by atoms with Crippen LogP contribution in [0.4, 0.5) is 5.69 Å². The van der Waals surface area contributed by atoms with Gasteiger partial charge in [-0.15, -0.1) is 0 Å². The quantitative estimate of drug-likeness (QED) is 0.163. The number of sulfonamides is 1. The Balaban J connectivity index is 1.54. The van der Waals surface area contributed by atoms with Crippen LogP contribution in [0.1, 0.15) is 37.7 Å². The number of benzene rings is 3. The Morgan fingerprint density at radius 2 is 1.71 bits per heavy atom. The molecule has 0 unspecified atom stereocenters. The predicted molar refractivity (Wildman–Crippen MR) is 169 cm³/mol. The SMILES string of the molecule is Cc1ccc(-n2nc(C(=O)O)c(C)c2Oc2ccc(NC(=O)c3ccccc3Cl)cc2S(=O)(=O)NCCc2ccccn2)cc1. The summed E-state index contributed by atoms with van der Waals surface area (Å²) in [4.78, 5) is 28.9. The molecule has 2 heterocycles. The van der Waals surface area contributed by atoms with Gasteiger partial charge in [0.15, 0.2) is 5.69 Å². The third-order valence-electron chi connectivity index (χ3n) is 6.77. The number of nitrogens with zero attached hydrogens (tertiary/aromatic N) is 3. The van der Waals surface area contributed by atoms with Crippen molar-refractivity contribution >= 4 is 39.2 Å². The van der Waals surface area contributed by atoms with Crippen LogP contribution in [-0.4, -0.2) is 46.7 Å². The monoisotopic (exact) mass is 645 g/mol. The zero-order valence-electron chi connectivity index (χ0n) is 24.2. The fourth-order valence-electron chi connectivity index (χ4n) is 4.43. The second-order valence-corrected chi connectivity index (χ2v) is 12.1. The van der Waals surface area contributed by atoms with E-state index in [2.05, 4.69) is 20.1 Å². The summed E-state index contributed by atoms with van der Waals surface area (Å²) in [6, 6.07) is 23.0. The predicted octanol–water partition coefficient (Wildman–Crippen LogP) is 5.80. The lowest BCUT2D eigenvalue weighted by Gasteiger charge is -2.16. The number of halogens is 1. The Hall–Kier alpha value is -5.04. The summed E-state index contributed by atoms with van der Waals surface area (Å²) in [5, 5.41) is 16.9. The third kappa shape index (κ3) is 7.20. The van der Waals surface area contributed by atoms with Gasteiger partial charge in [-0.1, -0.05) is 47.5 Å². The van der Waals surface area contributed by atoms with Crippen molar-refractivity contribution in [3.63, 3.8) is 0 Å². The van der Waals surface area contributed by atoms with Gasteiger partial charge < -0.3 is 15.2 Å². The van der Waals surface area contributed by atoms with Gasteiger partial charge in [0.1, 0.15) is 10.6 Å². The number of carboxylic acid groups (broad SMARTS) is 1. The van der Waals surface area contributed by atoms with E-state index in [-0.39, 0.29) is 50.6 Å². The normalized spacial score (nSPS) is 11.3. The van der Waals surface area contributed by atoms with Gasteiger partial charge in [0, 0.05) is 36.1 Å². The molecule has 0 atom stereocenters. The summed E-state index contributed by atoms with van der Waals surface area (Å²) in [6.07, 6.45) is 1.94. The number of carbonyl (C=O) groups excluding carboxylic acids is 1. The molecule has 0 bridgehead atoms. The highest BCUT2D eigenvalue weighted by atomic mass is 35.5. The molecular formula is C32H28ClN5O6S. The highest BCUT2D eigenvalue weighted by Gasteiger charge is 2.27. The number of carbonyl (C=O) groups is 2. The maximum absolute atomic E-state index is 13.7. The van der Waals surface area contributed by atoms with Crippen LogP contribution >= 0.6 is 11.6 Å². The number of anilines is 1. The molecule has 0 radical (unpaired) electrons. The van der Waals surface area contributed by atoms with Crippen molar-refractivity contribution in [3.05, 3.63) is 124 Å². The van der Waals surface area contributed by atoms with Crippen LogP contribution in [0.5, 0.6) is 11.6 Å². The van der Waals surface area contributed by atoms with Gasteiger partial charge in [-0.2, -0.15) is 9.78 Å². The van der Waals surface area contributed by atoms with Gasteiger partial charge in [-0.25, -0.2) is 17.9 Å². The second kappa shape index (κ2) is 13.3. The first-order valence-electron chi connectivity index (χ1n) is 13.7. The molecule has 0 spiro atoms. The Morgan fingerprint density at radius 3 is 2.40 bits per heavy atom. The molecule has 5 rings (SSSR count). The Labute approximate surface area is 264 Å². The van der Waals surface area contributed by atoms with Crippen LogP contribution in [0.15, 0.2) is 96.0 Å². The standard InChI is InChI=1S/C32H28ClN5O6S/c1-20-10-13-24(14-11-20)38-31(21(2)29(37-38)32(40)41)44-27-15-12-23(36-30(39)25-8-3-4-9-26(25)33)19-28(27)45(42,43)35-18-16-22-7-5-6-17-34-22/h3-15,17,19,35H,16,18H2,1-2H3,(H,36,39)(H,40,41). The number of aryl methyl sites for hydroxylation is 1. The van der Waals surface area contributed by atoms with Gasteiger partial charge in [-0.3, -0.25) is 9.78 Å². The maximum Gasteiger partial charge on any atom is 0.356 e. The number of aromatic nitrogens is 3. The highest BCUT2D eigenvalue weighted by molar-refractivity contribution is 7.89. The van der Waals surface area contributed by atoms with Crippen molar-refractivity contribution in [2.24, 2.45) is 0 Å². The molecule has 0 saturated heterocycles. The van der Waals surface area contributed by atoms with Crippen LogP contribution in [-0.2, 0) is 16.4 Å². The van der Waals surface area contributed by atoms with Crippen molar-refractivity contribution in [1.29, 1.82) is 0 Å². The summed E-state index contributed by atoms with van der Waals surface area (Å²) >= 11 is 6.18. The van der Waals surface area contributed by atoms with Crippen LogP contribution < -0.4 is 14.8 Å². The van der Waals surface area contributed by atoms with E-state index in [0.717, 1.165) is 5.56 Å². The van der Waals surface area contributed by atoms with Gasteiger partial charge in [0.2, 0.25) is 15.9 Å². The molecule has 0 aliphatic rings. The first-order valence-corrected chi connectivity index (χ1v) is 15.6. The summed E-state index contributed by atoms with van der Waals surface area (Å²) in [7, 11) is -4.24. The average molecular weight is 646 g/mol. The molecule has 45 heavy (non-hydrogen) atoms. The summed E-state index contributed by atoms with van der Waals surface area (Å²) < 4.78 is 37.5. The molecule has 3 N–H and O–H groups in total. The molecule has 0 saturated carbocycles. The number of hydrogen-bond donors (Lipinski definition) is 3. The molecule has 3 aromatic carbocycles. The number of ether oxygens (including phenoxy) is 1. The van der Waals surface area contributed by atoms with Crippen LogP contribution in [0.25, 0.3) is 5.69 Å². The van der Waals surface area contributed by atoms with E-state index in [1.807, 2.05) is 19.1 Å². The zero-order valence-corrected chi connectivity index (χ0v) is 25.8. The van der Waals surface area contributed by atoms with Gasteiger partial charge in [0.25, 0.3) is 5.91 Å². The molecule has 2 aromatic heterocycles. The minimum Gasteiger partial charge on any atom is -0.476 e. The zero-order chi connectivity index (χ0) is 32.1. The molecule has 0 aliphatic carbocycles. The molecular weight excluding hydrogens is 618 g/mol. The fourth-order valence-corrected chi connectivity index (χ4v) is 5.83. The molecule has 0 aliphatic heterocycles. The molecule has 0 fully saturated rings. The molecule has 230 valence electrons. The molecule has 5 aromatic rings. The number of aromatic carboxylic acids is 1. The number of rotatable bonds is 11. The minimum atomic E-state index is -4.24. The Kier molecular flexibility index (Phi) is 9.28. The second-order valence-electron chi connectivity index (χ2n) is 10.00. The number of hydrogen-bond acceptors (Lipinski definition) is 7. The van der Waals surface area contributed by atoms with Crippen molar-refractivity contribution in [2.75, 3.05) is 11.9 Å². The molecule has 13 heteroatoms. The number of nitrogens with one attached hydrogen (secondary N) is 2. The molecule has 11 nitrogen and oxygen atoms in total. The van der Waals surface area contributed by atoms with Crippen molar-refractivity contribution < 1.29 is 27.9 Å². The number of carboxylic acids is 1.